The predicted molar refractivity (Wildman–Crippen MR) is 102 cm³/mol. The summed E-state index contributed by atoms with van der Waals surface area (Å²) in [5.74, 6) is 0.0599. The Morgan fingerprint density at radius 2 is 0.962 bits per heavy atom. The van der Waals surface area contributed by atoms with E-state index in [1.807, 2.05) is 84.3 Å². The Kier molecular flexibility index (Phi) is 5.12. The van der Waals surface area contributed by atoms with Crippen molar-refractivity contribution >= 4 is 11.8 Å². The molecule has 0 aromatic heterocycles. The van der Waals surface area contributed by atoms with Crippen LogP contribution in [0.25, 0.3) is 0 Å². The molecular weight excluding hydrogens is 324 g/mol. The standard InChI is InChI=1S/C22H26N2O2/c1-15-16(2)24(18(4)26)22(20-13-9-6-10-14-20)21(23(15)17(3)25)19-11-7-5-8-12-19/h5-16,21-22H,1-4H3/t15-,16-,21+,22+/m0/s1. The average Bonchev–Trinajstić information content (AvgIpc) is 2.64. The fraction of sp³-hybridized carbons (Fsp3) is 0.364. The molecule has 4 heteroatoms. The van der Waals surface area contributed by atoms with Gasteiger partial charge < -0.3 is 9.80 Å². The van der Waals surface area contributed by atoms with Gasteiger partial charge in [-0.05, 0) is 25.0 Å². The SMILES string of the molecule is CC(=O)N1[C@H](c2ccccc2)[C@@H](c2ccccc2)N(C(C)=O)[C@@H](C)[C@@H]1C. The molecule has 3 rings (SSSR count). The molecular formula is C22H26N2O2. The number of nitrogens with zero attached hydrogens (tertiary/aromatic N) is 2. The fourth-order valence-corrected chi connectivity index (χ4v) is 4.23. The molecule has 4 atom stereocenters. The molecule has 0 aliphatic carbocycles. The highest BCUT2D eigenvalue weighted by Gasteiger charge is 2.47. The first-order valence-corrected chi connectivity index (χ1v) is 9.11. The monoisotopic (exact) mass is 350 g/mol. The van der Waals surface area contributed by atoms with Crippen LogP contribution in [0.1, 0.15) is 50.9 Å². The summed E-state index contributed by atoms with van der Waals surface area (Å²) < 4.78 is 0. The zero-order valence-corrected chi connectivity index (χ0v) is 15.8. The normalized spacial score (nSPS) is 25.8. The topological polar surface area (TPSA) is 40.6 Å². The average molecular weight is 350 g/mol. The third-order valence-corrected chi connectivity index (χ3v) is 5.48. The number of benzene rings is 2. The Morgan fingerprint density at radius 1 is 0.654 bits per heavy atom. The van der Waals surface area contributed by atoms with Crippen LogP contribution in [0.5, 0.6) is 0 Å². The van der Waals surface area contributed by atoms with Gasteiger partial charge in [0.15, 0.2) is 0 Å². The molecule has 1 heterocycles. The van der Waals surface area contributed by atoms with Gasteiger partial charge in [0.05, 0.1) is 12.1 Å². The maximum absolute atomic E-state index is 12.6. The van der Waals surface area contributed by atoms with E-state index >= 15 is 0 Å². The molecule has 1 fully saturated rings. The van der Waals surface area contributed by atoms with E-state index < -0.39 is 0 Å². The third-order valence-electron chi connectivity index (χ3n) is 5.48. The lowest BCUT2D eigenvalue weighted by molar-refractivity contribution is -0.156. The van der Waals surface area contributed by atoms with Crippen LogP contribution < -0.4 is 0 Å². The minimum atomic E-state index is -0.216. The van der Waals surface area contributed by atoms with Crippen molar-refractivity contribution in [3.05, 3.63) is 71.8 Å². The van der Waals surface area contributed by atoms with Crippen molar-refractivity contribution in [3.63, 3.8) is 0 Å². The summed E-state index contributed by atoms with van der Waals surface area (Å²) >= 11 is 0. The lowest BCUT2D eigenvalue weighted by atomic mass is 9.84. The van der Waals surface area contributed by atoms with E-state index in [9.17, 15) is 9.59 Å². The minimum absolute atomic E-state index is 0.0299. The molecule has 2 aromatic rings. The summed E-state index contributed by atoms with van der Waals surface area (Å²) in [5, 5.41) is 0. The lowest BCUT2D eigenvalue weighted by Gasteiger charge is -2.54. The van der Waals surface area contributed by atoms with Crippen molar-refractivity contribution in [3.8, 4) is 0 Å². The quantitative estimate of drug-likeness (QED) is 0.823. The lowest BCUT2D eigenvalue weighted by Crippen LogP contribution is -2.61. The van der Waals surface area contributed by atoms with Crippen LogP contribution in [0.15, 0.2) is 60.7 Å². The molecule has 136 valence electrons. The van der Waals surface area contributed by atoms with E-state index in [2.05, 4.69) is 0 Å². The molecule has 26 heavy (non-hydrogen) atoms. The van der Waals surface area contributed by atoms with Gasteiger partial charge in [0.1, 0.15) is 0 Å². The molecule has 4 nitrogen and oxygen atoms in total. The summed E-state index contributed by atoms with van der Waals surface area (Å²) in [6.45, 7) is 7.29. The summed E-state index contributed by atoms with van der Waals surface area (Å²) in [4.78, 5) is 29.1. The van der Waals surface area contributed by atoms with Crippen molar-refractivity contribution in [2.24, 2.45) is 0 Å². The Morgan fingerprint density at radius 3 is 1.23 bits per heavy atom. The Balaban J connectivity index is 2.23. The number of rotatable bonds is 2. The Labute approximate surface area is 155 Å². The Bertz CT molecular complexity index is 708. The molecule has 1 saturated heterocycles. The van der Waals surface area contributed by atoms with Gasteiger partial charge in [0.2, 0.25) is 11.8 Å². The summed E-state index contributed by atoms with van der Waals surface area (Å²) in [6, 6.07) is 19.5. The highest BCUT2D eigenvalue weighted by molar-refractivity contribution is 5.78. The Hall–Kier alpha value is -2.62. The fourth-order valence-electron chi connectivity index (χ4n) is 4.23. The van der Waals surface area contributed by atoms with E-state index in [-0.39, 0.29) is 36.0 Å². The van der Waals surface area contributed by atoms with Gasteiger partial charge in [0.25, 0.3) is 0 Å². The van der Waals surface area contributed by atoms with Crippen LogP contribution in [0, 0.1) is 0 Å². The highest BCUT2D eigenvalue weighted by Crippen LogP contribution is 2.45. The molecule has 0 N–H and O–H groups in total. The van der Waals surface area contributed by atoms with Crippen LogP contribution in [-0.2, 0) is 9.59 Å². The first-order chi connectivity index (χ1) is 12.4. The van der Waals surface area contributed by atoms with Crippen LogP contribution in [-0.4, -0.2) is 33.7 Å². The highest BCUT2D eigenvalue weighted by atomic mass is 16.2. The largest absolute Gasteiger partial charge is 0.329 e. The molecule has 0 radical (unpaired) electrons. The summed E-state index contributed by atoms with van der Waals surface area (Å²) in [7, 11) is 0. The van der Waals surface area contributed by atoms with Gasteiger partial charge >= 0.3 is 0 Å². The van der Waals surface area contributed by atoms with E-state index in [0.29, 0.717) is 0 Å². The summed E-state index contributed by atoms with van der Waals surface area (Å²) in [6.07, 6.45) is 0. The number of amides is 2. The molecule has 1 aliphatic heterocycles. The predicted octanol–water partition coefficient (Wildman–Crippen LogP) is 3.96. The number of hydrogen-bond donors (Lipinski definition) is 0. The second kappa shape index (κ2) is 7.32. The van der Waals surface area contributed by atoms with Crippen molar-refractivity contribution in [2.75, 3.05) is 0 Å². The van der Waals surface area contributed by atoms with Gasteiger partial charge in [-0.2, -0.15) is 0 Å². The zero-order chi connectivity index (χ0) is 18.8. The first-order valence-electron chi connectivity index (χ1n) is 9.11. The number of carbonyl (C=O) groups is 2. The van der Waals surface area contributed by atoms with Gasteiger partial charge in [-0.3, -0.25) is 9.59 Å². The zero-order valence-electron chi connectivity index (χ0n) is 15.8. The van der Waals surface area contributed by atoms with E-state index in [1.54, 1.807) is 13.8 Å². The number of carbonyl (C=O) groups excluding carboxylic acids is 2. The third kappa shape index (κ3) is 3.12. The van der Waals surface area contributed by atoms with Gasteiger partial charge in [0, 0.05) is 25.9 Å². The molecule has 0 unspecified atom stereocenters. The van der Waals surface area contributed by atoms with Gasteiger partial charge in [-0.15, -0.1) is 0 Å². The van der Waals surface area contributed by atoms with Gasteiger partial charge in [-0.25, -0.2) is 0 Å². The molecule has 0 spiro atoms. The van der Waals surface area contributed by atoms with E-state index in [0.717, 1.165) is 11.1 Å². The van der Waals surface area contributed by atoms with Gasteiger partial charge in [-0.1, -0.05) is 60.7 Å². The van der Waals surface area contributed by atoms with Crippen molar-refractivity contribution in [1.29, 1.82) is 0 Å². The maximum atomic E-state index is 12.6. The second-order valence-electron chi connectivity index (χ2n) is 7.04. The smallest absolute Gasteiger partial charge is 0.220 e. The number of piperazine rings is 1. The maximum Gasteiger partial charge on any atom is 0.220 e. The van der Waals surface area contributed by atoms with Crippen LogP contribution in [0.2, 0.25) is 0 Å². The van der Waals surface area contributed by atoms with Crippen LogP contribution in [0.3, 0.4) is 0 Å². The molecule has 0 saturated carbocycles. The first kappa shape index (κ1) is 18.2. The molecule has 0 bridgehead atoms. The van der Waals surface area contributed by atoms with Crippen molar-refractivity contribution < 1.29 is 9.59 Å². The summed E-state index contributed by atoms with van der Waals surface area (Å²) in [5.41, 5.74) is 2.09. The van der Waals surface area contributed by atoms with Crippen LogP contribution >= 0.6 is 0 Å². The minimum Gasteiger partial charge on any atom is -0.329 e. The molecule has 2 aromatic carbocycles. The second-order valence-corrected chi connectivity index (χ2v) is 7.04. The number of hydrogen-bond acceptors (Lipinski definition) is 2. The van der Waals surface area contributed by atoms with E-state index in [4.69, 9.17) is 0 Å². The van der Waals surface area contributed by atoms with E-state index in [1.165, 1.54) is 0 Å². The van der Waals surface area contributed by atoms with Crippen LogP contribution in [0.4, 0.5) is 0 Å². The molecule has 2 amide bonds. The molecule has 1 aliphatic rings. The van der Waals surface area contributed by atoms with Crippen molar-refractivity contribution in [2.45, 2.75) is 51.9 Å². The van der Waals surface area contributed by atoms with Crippen molar-refractivity contribution in [1.82, 2.24) is 9.80 Å².